The van der Waals surface area contributed by atoms with Gasteiger partial charge in [-0.25, -0.2) is 10.2 Å². The van der Waals surface area contributed by atoms with Crippen molar-refractivity contribution in [2.75, 3.05) is 6.61 Å². The second-order valence-corrected chi connectivity index (χ2v) is 7.40. The summed E-state index contributed by atoms with van der Waals surface area (Å²) in [7, 11) is 0. The number of hydrogen-bond acceptors (Lipinski definition) is 5. The van der Waals surface area contributed by atoms with Gasteiger partial charge in [-0.2, -0.15) is 5.10 Å². The predicted molar refractivity (Wildman–Crippen MR) is 121 cm³/mol. The number of hydrogen-bond donors (Lipinski definition) is 1. The maximum absolute atomic E-state index is 12.3. The van der Waals surface area contributed by atoms with Gasteiger partial charge >= 0.3 is 5.97 Å². The van der Waals surface area contributed by atoms with Gasteiger partial charge in [-0.3, -0.25) is 4.79 Å². The molecule has 0 radical (unpaired) electrons. The van der Waals surface area contributed by atoms with Crippen molar-refractivity contribution >= 4 is 52.9 Å². The molecule has 1 amide bonds. The molecule has 3 rings (SSSR count). The molecular formula is C22H15Cl3N2O4. The average molecular weight is 478 g/mol. The van der Waals surface area contributed by atoms with Crippen LogP contribution >= 0.6 is 34.8 Å². The van der Waals surface area contributed by atoms with E-state index in [2.05, 4.69) is 10.5 Å². The Bertz CT molecular complexity index is 1120. The zero-order valence-corrected chi connectivity index (χ0v) is 18.1. The van der Waals surface area contributed by atoms with Crippen LogP contribution in [0.4, 0.5) is 0 Å². The quantitative estimate of drug-likeness (QED) is 0.214. The van der Waals surface area contributed by atoms with Crippen LogP contribution < -0.4 is 14.9 Å². The first kappa shape index (κ1) is 22.6. The molecule has 0 saturated heterocycles. The number of halogens is 3. The number of nitrogens with zero attached hydrogens (tertiary/aromatic N) is 1. The Kier molecular flexibility index (Phi) is 7.89. The predicted octanol–water partition coefficient (Wildman–Crippen LogP) is 5.40. The van der Waals surface area contributed by atoms with Crippen LogP contribution in [0.2, 0.25) is 15.1 Å². The van der Waals surface area contributed by atoms with Gasteiger partial charge < -0.3 is 9.47 Å². The highest BCUT2D eigenvalue weighted by molar-refractivity contribution is 6.36. The number of nitrogens with one attached hydrogen (secondary N) is 1. The summed E-state index contributed by atoms with van der Waals surface area (Å²) in [6.07, 6.45) is 1.41. The van der Waals surface area contributed by atoms with Gasteiger partial charge in [0.2, 0.25) is 0 Å². The lowest BCUT2D eigenvalue weighted by Crippen LogP contribution is -2.24. The monoisotopic (exact) mass is 476 g/mol. The Labute approximate surface area is 193 Å². The van der Waals surface area contributed by atoms with Crippen LogP contribution in [-0.4, -0.2) is 24.7 Å². The smallest absolute Gasteiger partial charge is 0.345 e. The summed E-state index contributed by atoms with van der Waals surface area (Å²) >= 11 is 17.7. The van der Waals surface area contributed by atoms with E-state index in [1.807, 2.05) is 0 Å². The van der Waals surface area contributed by atoms with Gasteiger partial charge in [0, 0.05) is 10.0 Å². The minimum Gasteiger partial charge on any atom is -0.484 e. The third kappa shape index (κ3) is 7.00. The lowest BCUT2D eigenvalue weighted by atomic mass is 10.2. The number of esters is 1. The zero-order valence-electron chi connectivity index (χ0n) is 15.8. The van der Waals surface area contributed by atoms with Crippen molar-refractivity contribution in [1.29, 1.82) is 0 Å². The van der Waals surface area contributed by atoms with E-state index in [9.17, 15) is 9.59 Å². The molecule has 158 valence electrons. The molecular weight excluding hydrogens is 463 g/mol. The summed E-state index contributed by atoms with van der Waals surface area (Å²) in [4.78, 5) is 24.1. The summed E-state index contributed by atoms with van der Waals surface area (Å²) in [6.45, 7) is -0.210. The fourth-order valence-electron chi connectivity index (χ4n) is 2.37. The van der Waals surface area contributed by atoms with Crippen molar-refractivity contribution in [3.8, 4) is 11.5 Å². The van der Waals surface area contributed by atoms with Crippen LogP contribution in [0.5, 0.6) is 11.5 Å². The highest BCUT2D eigenvalue weighted by Crippen LogP contribution is 2.23. The lowest BCUT2D eigenvalue weighted by molar-refractivity contribution is -0.123. The van der Waals surface area contributed by atoms with Crippen LogP contribution in [0.25, 0.3) is 0 Å². The molecule has 0 aliphatic rings. The maximum atomic E-state index is 12.3. The molecule has 0 bridgehead atoms. The number of benzene rings is 3. The highest BCUT2D eigenvalue weighted by atomic mass is 35.5. The van der Waals surface area contributed by atoms with Crippen molar-refractivity contribution < 1.29 is 19.1 Å². The summed E-state index contributed by atoms with van der Waals surface area (Å²) < 4.78 is 10.7. The normalized spacial score (nSPS) is 10.7. The van der Waals surface area contributed by atoms with Gasteiger partial charge in [0.25, 0.3) is 5.91 Å². The standard InChI is InChI=1S/C22H15Cl3N2O4/c23-15-4-7-17(8-5-15)30-13-21(28)27-26-12-14-2-1-3-18(10-14)31-22(29)19-9-6-16(24)11-20(19)25/h1-12H,13H2,(H,27,28)/b26-12-. The molecule has 0 aromatic heterocycles. The van der Waals surface area contributed by atoms with Crippen LogP contribution in [0, 0.1) is 0 Å². The first-order valence-corrected chi connectivity index (χ1v) is 10.0. The fourth-order valence-corrected chi connectivity index (χ4v) is 2.98. The molecule has 0 unspecified atom stereocenters. The van der Waals surface area contributed by atoms with Crippen LogP contribution in [0.15, 0.2) is 71.8 Å². The van der Waals surface area contributed by atoms with E-state index in [0.717, 1.165) is 0 Å². The second kappa shape index (κ2) is 10.8. The zero-order chi connectivity index (χ0) is 22.2. The van der Waals surface area contributed by atoms with Gasteiger partial charge in [-0.15, -0.1) is 0 Å². The van der Waals surface area contributed by atoms with Gasteiger partial charge in [0.15, 0.2) is 6.61 Å². The number of hydrazone groups is 1. The van der Waals surface area contributed by atoms with Crippen molar-refractivity contribution in [3.05, 3.63) is 92.9 Å². The van der Waals surface area contributed by atoms with Gasteiger partial charge in [-0.1, -0.05) is 46.9 Å². The van der Waals surface area contributed by atoms with E-state index in [1.165, 1.54) is 18.3 Å². The van der Waals surface area contributed by atoms with Crippen LogP contribution in [-0.2, 0) is 4.79 Å². The van der Waals surface area contributed by atoms with Crippen molar-refractivity contribution in [2.24, 2.45) is 5.10 Å². The lowest BCUT2D eigenvalue weighted by Gasteiger charge is -2.07. The van der Waals surface area contributed by atoms with Crippen LogP contribution in [0.3, 0.4) is 0 Å². The first-order valence-electron chi connectivity index (χ1n) is 8.88. The SMILES string of the molecule is O=C(COc1ccc(Cl)cc1)N/N=C\c1cccc(OC(=O)c2ccc(Cl)cc2Cl)c1. The number of rotatable bonds is 7. The molecule has 0 saturated carbocycles. The molecule has 31 heavy (non-hydrogen) atoms. The van der Waals surface area contributed by atoms with E-state index < -0.39 is 11.9 Å². The molecule has 3 aromatic carbocycles. The van der Waals surface area contributed by atoms with E-state index in [-0.39, 0.29) is 22.9 Å². The van der Waals surface area contributed by atoms with E-state index in [1.54, 1.807) is 54.6 Å². The summed E-state index contributed by atoms with van der Waals surface area (Å²) in [5.41, 5.74) is 3.15. The number of carbonyl (C=O) groups excluding carboxylic acids is 2. The Hall–Kier alpha value is -3.06. The van der Waals surface area contributed by atoms with E-state index >= 15 is 0 Å². The molecule has 0 aliphatic carbocycles. The fraction of sp³-hybridized carbons (Fsp3) is 0.0455. The molecule has 0 aliphatic heterocycles. The molecule has 0 spiro atoms. The third-order valence-electron chi connectivity index (χ3n) is 3.81. The summed E-state index contributed by atoms with van der Waals surface area (Å²) in [5.74, 6) is -0.259. The molecule has 9 heteroatoms. The van der Waals surface area contributed by atoms with E-state index in [4.69, 9.17) is 44.3 Å². The molecule has 0 heterocycles. The van der Waals surface area contributed by atoms with Crippen molar-refractivity contribution in [2.45, 2.75) is 0 Å². The Morgan fingerprint density at radius 3 is 2.39 bits per heavy atom. The molecule has 0 fully saturated rings. The average Bonchev–Trinajstić information content (AvgIpc) is 2.73. The largest absolute Gasteiger partial charge is 0.484 e. The Morgan fingerprint density at radius 2 is 1.65 bits per heavy atom. The molecule has 0 atom stereocenters. The second-order valence-electron chi connectivity index (χ2n) is 6.12. The van der Waals surface area contributed by atoms with Gasteiger partial charge in [-0.05, 0) is 60.2 Å². The first-order chi connectivity index (χ1) is 14.9. The Balaban J connectivity index is 1.53. The van der Waals surface area contributed by atoms with Gasteiger partial charge in [0.05, 0.1) is 16.8 Å². The molecule has 6 nitrogen and oxygen atoms in total. The van der Waals surface area contributed by atoms with Gasteiger partial charge in [0.1, 0.15) is 11.5 Å². The Morgan fingerprint density at radius 1 is 0.903 bits per heavy atom. The molecule has 3 aromatic rings. The topological polar surface area (TPSA) is 77.0 Å². The summed E-state index contributed by atoms with van der Waals surface area (Å²) in [5, 5.41) is 5.05. The number of carbonyl (C=O) groups is 2. The number of ether oxygens (including phenoxy) is 2. The summed E-state index contributed by atoms with van der Waals surface area (Å²) in [6, 6.07) is 17.7. The van der Waals surface area contributed by atoms with E-state index in [0.29, 0.717) is 21.4 Å². The minimum absolute atomic E-state index is 0.193. The highest BCUT2D eigenvalue weighted by Gasteiger charge is 2.13. The molecule has 1 N–H and O–H groups in total. The minimum atomic E-state index is -0.622. The van der Waals surface area contributed by atoms with Crippen molar-refractivity contribution in [3.63, 3.8) is 0 Å². The van der Waals surface area contributed by atoms with Crippen LogP contribution in [0.1, 0.15) is 15.9 Å². The third-order valence-corrected chi connectivity index (χ3v) is 4.61. The maximum Gasteiger partial charge on any atom is 0.345 e. The number of amides is 1. The van der Waals surface area contributed by atoms with Crippen molar-refractivity contribution in [1.82, 2.24) is 5.43 Å².